The summed E-state index contributed by atoms with van der Waals surface area (Å²) in [7, 11) is 1.11. The number of aromatic nitrogens is 1. The summed E-state index contributed by atoms with van der Waals surface area (Å²) >= 11 is 12.1. The van der Waals surface area contributed by atoms with E-state index in [1.165, 1.54) is 0 Å². The highest BCUT2D eigenvalue weighted by Crippen LogP contribution is 2.41. The molecule has 0 fully saturated rings. The molecule has 0 saturated heterocycles. The van der Waals surface area contributed by atoms with Crippen molar-refractivity contribution in [1.82, 2.24) is 4.98 Å². The second-order valence-electron chi connectivity index (χ2n) is 5.59. The number of hydrogen-bond acceptors (Lipinski definition) is 6. The van der Waals surface area contributed by atoms with Gasteiger partial charge in [0.2, 0.25) is 5.96 Å². The smallest absolute Gasteiger partial charge is 0.387 e. The SMILES string of the molecule is CCc1c(Cl)c(C(=O)OC)nc(-c2ccc(Cl)c(OC(F)F)c2F)c1NN=C(N)N. The molecule has 0 saturated carbocycles. The Kier molecular flexibility index (Phi) is 7.57. The van der Waals surface area contributed by atoms with Crippen molar-refractivity contribution >= 4 is 40.8 Å². The molecule has 1 aromatic carbocycles. The first-order valence-corrected chi connectivity index (χ1v) is 8.96. The molecule has 0 aliphatic heterocycles. The molecule has 0 unspecified atom stereocenters. The number of carbonyl (C=O) groups excluding carboxylic acids is 1. The first kappa shape index (κ1) is 23.4. The van der Waals surface area contributed by atoms with E-state index in [-0.39, 0.29) is 45.6 Å². The number of esters is 1. The Morgan fingerprint density at radius 3 is 2.53 bits per heavy atom. The van der Waals surface area contributed by atoms with Gasteiger partial charge < -0.3 is 20.9 Å². The standard InChI is InChI=1S/C17H16Cl2F3N5O3/c1-3-6-9(19)13(15(28)29-2)25-11(12(6)26-27-17(23)24)7-4-5-8(18)14(10(7)20)30-16(21)22/h4-5,16,26H,3H2,1-2H3,(H4,23,24,27). The molecule has 0 bridgehead atoms. The minimum atomic E-state index is -3.33. The molecule has 1 heterocycles. The van der Waals surface area contributed by atoms with Crippen molar-refractivity contribution in [1.29, 1.82) is 0 Å². The van der Waals surface area contributed by atoms with Crippen LogP contribution in [0.3, 0.4) is 0 Å². The molecule has 162 valence electrons. The third-order valence-electron chi connectivity index (χ3n) is 3.78. The predicted octanol–water partition coefficient (Wildman–Crippen LogP) is 3.75. The topological polar surface area (TPSA) is 125 Å². The van der Waals surface area contributed by atoms with Crippen LogP contribution in [0, 0.1) is 5.82 Å². The van der Waals surface area contributed by atoms with Crippen LogP contribution in [-0.2, 0) is 11.2 Å². The Bertz CT molecular complexity index is 1000. The van der Waals surface area contributed by atoms with E-state index < -0.39 is 29.2 Å². The van der Waals surface area contributed by atoms with Crippen LogP contribution >= 0.6 is 23.2 Å². The summed E-state index contributed by atoms with van der Waals surface area (Å²) in [5, 5.41) is 3.17. The van der Waals surface area contributed by atoms with Gasteiger partial charge in [-0.05, 0) is 18.6 Å². The van der Waals surface area contributed by atoms with E-state index in [1.54, 1.807) is 6.92 Å². The molecular formula is C17H16Cl2F3N5O3. The van der Waals surface area contributed by atoms with Crippen molar-refractivity contribution in [3.63, 3.8) is 0 Å². The van der Waals surface area contributed by atoms with Crippen LogP contribution in [0.4, 0.5) is 18.9 Å². The number of nitrogens with two attached hydrogens (primary N) is 2. The second kappa shape index (κ2) is 9.72. The molecule has 1 aromatic heterocycles. The molecule has 13 heteroatoms. The van der Waals surface area contributed by atoms with Crippen molar-refractivity contribution in [2.75, 3.05) is 12.5 Å². The highest BCUT2D eigenvalue weighted by molar-refractivity contribution is 6.34. The monoisotopic (exact) mass is 465 g/mol. The zero-order valence-electron chi connectivity index (χ0n) is 15.6. The van der Waals surface area contributed by atoms with Gasteiger partial charge in [-0.1, -0.05) is 30.1 Å². The molecule has 0 radical (unpaired) electrons. The van der Waals surface area contributed by atoms with Crippen molar-refractivity contribution in [3.8, 4) is 17.0 Å². The van der Waals surface area contributed by atoms with E-state index in [2.05, 4.69) is 25.0 Å². The van der Waals surface area contributed by atoms with Gasteiger partial charge in [-0.25, -0.2) is 14.2 Å². The lowest BCUT2D eigenvalue weighted by molar-refractivity contribution is -0.0520. The van der Waals surface area contributed by atoms with Gasteiger partial charge in [-0.3, -0.25) is 5.43 Å². The lowest BCUT2D eigenvalue weighted by Crippen LogP contribution is -2.24. The highest BCUT2D eigenvalue weighted by Gasteiger charge is 2.27. The minimum absolute atomic E-state index is 0.0350. The summed E-state index contributed by atoms with van der Waals surface area (Å²) in [6.45, 7) is -1.64. The largest absolute Gasteiger partial charge is 0.464 e. The van der Waals surface area contributed by atoms with Crippen LogP contribution in [0.15, 0.2) is 17.2 Å². The van der Waals surface area contributed by atoms with Crippen LogP contribution < -0.4 is 21.6 Å². The molecule has 0 aliphatic carbocycles. The molecule has 2 aromatic rings. The Morgan fingerprint density at radius 2 is 2.00 bits per heavy atom. The quantitative estimate of drug-likeness (QED) is 0.246. The number of halogens is 5. The lowest BCUT2D eigenvalue weighted by atomic mass is 10.0. The molecule has 0 atom stereocenters. The van der Waals surface area contributed by atoms with Crippen molar-refractivity contribution in [3.05, 3.63) is 39.3 Å². The maximum Gasteiger partial charge on any atom is 0.387 e. The number of anilines is 1. The third kappa shape index (κ3) is 4.79. The number of hydrazone groups is 1. The zero-order valence-corrected chi connectivity index (χ0v) is 17.1. The number of ether oxygens (including phenoxy) is 2. The summed E-state index contributed by atoms with van der Waals surface area (Å²) in [4.78, 5) is 16.2. The number of alkyl halides is 2. The van der Waals surface area contributed by atoms with Crippen LogP contribution in [-0.4, -0.2) is 30.6 Å². The number of nitrogens with one attached hydrogen (secondary N) is 1. The second-order valence-corrected chi connectivity index (χ2v) is 6.37. The fourth-order valence-electron chi connectivity index (χ4n) is 2.52. The number of guanidine groups is 1. The van der Waals surface area contributed by atoms with Crippen LogP contribution in [0.25, 0.3) is 11.3 Å². The van der Waals surface area contributed by atoms with Crippen molar-refractivity contribution < 1.29 is 27.4 Å². The molecule has 5 N–H and O–H groups in total. The molecule has 0 amide bonds. The fourth-order valence-corrected chi connectivity index (χ4v) is 3.06. The number of nitrogens with zero attached hydrogens (tertiary/aromatic N) is 2. The van der Waals surface area contributed by atoms with E-state index >= 15 is 4.39 Å². The maximum atomic E-state index is 15.1. The fraction of sp³-hybridized carbons (Fsp3) is 0.235. The average molecular weight is 466 g/mol. The van der Waals surface area contributed by atoms with Gasteiger partial charge >= 0.3 is 12.6 Å². The van der Waals surface area contributed by atoms with E-state index in [4.69, 9.17) is 34.7 Å². The molecule has 2 rings (SSSR count). The first-order chi connectivity index (χ1) is 14.1. The Balaban J connectivity index is 2.89. The number of methoxy groups -OCH3 is 1. The van der Waals surface area contributed by atoms with E-state index in [0.717, 1.165) is 19.2 Å². The van der Waals surface area contributed by atoms with Gasteiger partial charge in [0.05, 0.1) is 28.5 Å². The first-order valence-electron chi connectivity index (χ1n) is 8.20. The summed E-state index contributed by atoms with van der Waals surface area (Å²) in [6.07, 6.45) is 0.232. The summed E-state index contributed by atoms with van der Waals surface area (Å²) in [6, 6.07) is 2.29. The summed E-state index contributed by atoms with van der Waals surface area (Å²) < 4.78 is 49.3. The minimum Gasteiger partial charge on any atom is -0.464 e. The van der Waals surface area contributed by atoms with Gasteiger partial charge in [-0.15, -0.1) is 5.10 Å². The van der Waals surface area contributed by atoms with Crippen LogP contribution in [0.2, 0.25) is 10.0 Å². The van der Waals surface area contributed by atoms with Gasteiger partial charge in [0.15, 0.2) is 17.3 Å². The van der Waals surface area contributed by atoms with E-state index in [0.29, 0.717) is 0 Å². The van der Waals surface area contributed by atoms with Gasteiger partial charge in [-0.2, -0.15) is 8.78 Å². The number of benzene rings is 1. The van der Waals surface area contributed by atoms with Gasteiger partial charge in [0.25, 0.3) is 0 Å². The van der Waals surface area contributed by atoms with Crippen LogP contribution in [0.5, 0.6) is 5.75 Å². The van der Waals surface area contributed by atoms with Crippen molar-refractivity contribution in [2.45, 2.75) is 20.0 Å². The molecule has 30 heavy (non-hydrogen) atoms. The van der Waals surface area contributed by atoms with Gasteiger partial charge in [0.1, 0.15) is 0 Å². The van der Waals surface area contributed by atoms with Crippen molar-refractivity contribution in [2.24, 2.45) is 16.6 Å². The predicted molar refractivity (Wildman–Crippen MR) is 106 cm³/mol. The van der Waals surface area contributed by atoms with E-state index in [9.17, 15) is 13.6 Å². The Hall–Kier alpha value is -2.92. The molecule has 8 nitrogen and oxygen atoms in total. The summed E-state index contributed by atoms with van der Waals surface area (Å²) in [5.74, 6) is -3.41. The third-order valence-corrected chi connectivity index (χ3v) is 4.48. The number of carbonyl (C=O) groups is 1. The van der Waals surface area contributed by atoms with Crippen LogP contribution in [0.1, 0.15) is 23.0 Å². The average Bonchev–Trinajstić information content (AvgIpc) is 2.69. The Labute approximate surface area is 178 Å². The highest BCUT2D eigenvalue weighted by atomic mass is 35.5. The number of rotatable bonds is 7. The van der Waals surface area contributed by atoms with E-state index in [1.807, 2.05) is 0 Å². The summed E-state index contributed by atoms with van der Waals surface area (Å²) in [5.41, 5.74) is 12.6. The normalized spacial score (nSPS) is 10.7. The Morgan fingerprint density at radius 1 is 1.33 bits per heavy atom. The number of pyridine rings is 1. The van der Waals surface area contributed by atoms with Gasteiger partial charge in [0, 0.05) is 11.1 Å². The number of hydrogen-bond donors (Lipinski definition) is 3. The lowest BCUT2D eigenvalue weighted by Gasteiger charge is -2.18. The molecular weight excluding hydrogens is 450 g/mol. The maximum absolute atomic E-state index is 15.1. The molecule has 0 spiro atoms. The zero-order chi connectivity index (χ0) is 22.6. The molecule has 0 aliphatic rings.